The molecule has 2 heterocycles. The highest BCUT2D eigenvalue weighted by atomic mass is 32.1. The predicted octanol–water partition coefficient (Wildman–Crippen LogP) is 4.06. The minimum absolute atomic E-state index is 0.0347. The number of nitrogens with zero attached hydrogens (tertiary/aromatic N) is 3. The van der Waals surface area contributed by atoms with Gasteiger partial charge in [-0.2, -0.15) is 0 Å². The Kier molecular flexibility index (Phi) is 5.92. The highest BCUT2D eigenvalue weighted by molar-refractivity contribution is 7.18. The van der Waals surface area contributed by atoms with E-state index in [9.17, 15) is 9.59 Å². The number of hydrogen-bond acceptors (Lipinski definition) is 5. The van der Waals surface area contributed by atoms with Gasteiger partial charge in [0.2, 0.25) is 0 Å². The van der Waals surface area contributed by atoms with Crippen molar-refractivity contribution in [2.24, 2.45) is 0 Å². The number of Topliss-reactive ketones (excluding diaryl/α,β-unsaturated/α-hetero) is 1. The second kappa shape index (κ2) is 8.59. The van der Waals surface area contributed by atoms with E-state index in [-0.39, 0.29) is 17.9 Å². The minimum atomic E-state index is -0.0567. The maximum Gasteiger partial charge on any atom is 0.263 e. The van der Waals surface area contributed by atoms with E-state index in [2.05, 4.69) is 18.7 Å². The Hall–Kier alpha value is -2.31. The average molecular weight is 410 g/mol. The first-order valence-electron chi connectivity index (χ1n) is 10.5. The first-order valence-corrected chi connectivity index (χ1v) is 11.3. The van der Waals surface area contributed by atoms with Crippen molar-refractivity contribution < 1.29 is 4.79 Å². The van der Waals surface area contributed by atoms with Crippen LogP contribution in [0.3, 0.4) is 0 Å². The summed E-state index contributed by atoms with van der Waals surface area (Å²) < 4.78 is 1.62. The molecule has 1 aliphatic rings. The molecule has 0 radical (unpaired) electrons. The number of benzene rings is 1. The van der Waals surface area contributed by atoms with Crippen molar-refractivity contribution in [2.75, 3.05) is 13.1 Å². The van der Waals surface area contributed by atoms with Crippen LogP contribution in [-0.4, -0.2) is 33.3 Å². The Morgan fingerprint density at radius 3 is 2.59 bits per heavy atom. The smallest absolute Gasteiger partial charge is 0.263 e. The van der Waals surface area contributed by atoms with Crippen molar-refractivity contribution >= 4 is 27.3 Å². The number of carbonyl (C=O) groups is 1. The Labute approximate surface area is 175 Å². The predicted molar refractivity (Wildman–Crippen MR) is 118 cm³/mol. The standard InChI is InChI=1S/C23H27N3O2S/c1-3-25(4-2)15-20-24-22-21(17-12-8-9-13-19(17)29-22)23(28)26(20)14-18(27)16-10-6-5-7-11-16/h5-7,10-11H,3-4,8-9,12-15H2,1-2H3. The van der Waals surface area contributed by atoms with Gasteiger partial charge in [-0.25, -0.2) is 4.98 Å². The molecule has 0 unspecified atom stereocenters. The zero-order valence-electron chi connectivity index (χ0n) is 17.1. The van der Waals surface area contributed by atoms with Crippen LogP contribution >= 0.6 is 11.3 Å². The van der Waals surface area contributed by atoms with Crippen LogP contribution in [0.4, 0.5) is 0 Å². The van der Waals surface area contributed by atoms with Crippen LogP contribution in [0.5, 0.6) is 0 Å². The highest BCUT2D eigenvalue weighted by Gasteiger charge is 2.23. The van der Waals surface area contributed by atoms with Gasteiger partial charge >= 0.3 is 0 Å². The lowest BCUT2D eigenvalue weighted by Crippen LogP contribution is -2.33. The zero-order chi connectivity index (χ0) is 20.4. The van der Waals surface area contributed by atoms with Crippen LogP contribution < -0.4 is 5.56 Å². The quantitative estimate of drug-likeness (QED) is 0.552. The Balaban J connectivity index is 1.83. The van der Waals surface area contributed by atoms with E-state index in [1.165, 1.54) is 16.9 Å². The number of rotatable bonds is 7. The molecule has 2 aromatic heterocycles. The number of thiophene rings is 1. The van der Waals surface area contributed by atoms with E-state index >= 15 is 0 Å². The molecule has 0 spiro atoms. The lowest BCUT2D eigenvalue weighted by molar-refractivity contribution is 0.0968. The fourth-order valence-corrected chi connectivity index (χ4v) is 5.34. The van der Waals surface area contributed by atoms with Gasteiger partial charge in [0.15, 0.2) is 5.78 Å². The molecule has 0 fully saturated rings. The van der Waals surface area contributed by atoms with Gasteiger partial charge in [-0.15, -0.1) is 11.3 Å². The van der Waals surface area contributed by atoms with Gasteiger partial charge in [0.25, 0.3) is 5.56 Å². The van der Waals surface area contributed by atoms with E-state index in [1.54, 1.807) is 28.0 Å². The van der Waals surface area contributed by atoms with Gasteiger partial charge in [-0.1, -0.05) is 44.2 Å². The molecule has 1 aromatic carbocycles. The van der Waals surface area contributed by atoms with Gasteiger partial charge in [0.05, 0.1) is 18.5 Å². The summed E-state index contributed by atoms with van der Waals surface area (Å²) in [6.45, 7) is 6.55. The van der Waals surface area contributed by atoms with E-state index in [1.807, 2.05) is 18.2 Å². The molecule has 3 aromatic rings. The third-order valence-electron chi connectivity index (χ3n) is 5.81. The third kappa shape index (κ3) is 3.91. The van der Waals surface area contributed by atoms with Crippen LogP contribution in [0.25, 0.3) is 10.2 Å². The molecule has 0 aliphatic heterocycles. The van der Waals surface area contributed by atoms with Crippen molar-refractivity contribution in [1.29, 1.82) is 0 Å². The first-order chi connectivity index (χ1) is 14.1. The van der Waals surface area contributed by atoms with Crippen molar-refractivity contribution in [3.05, 3.63) is 62.5 Å². The molecular formula is C23H27N3O2S. The van der Waals surface area contributed by atoms with Crippen LogP contribution in [0.2, 0.25) is 0 Å². The van der Waals surface area contributed by atoms with E-state index in [0.717, 1.165) is 42.6 Å². The number of aromatic nitrogens is 2. The first kappa shape index (κ1) is 20.0. The summed E-state index contributed by atoms with van der Waals surface area (Å²) in [5.41, 5.74) is 1.74. The van der Waals surface area contributed by atoms with Gasteiger partial charge < -0.3 is 0 Å². The summed E-state index contributed by atoms with van der Waals surface area (Å²) in [7, 11) is 0. The molecule has 0 atom stereocenters. The fraction of sp³-hybridized carbons (Fsp3) is 0.435. The van der Waals surface area contributed by atoms with Gasteiger partial charge in [-0.05, 0) is 44.3 Å². The number of aryl methyl sites for hydroxylation is 2. The van der Waals surface area contributed by atoms with E-state index < -0.39 is 0 Å². The molecule has 152 valence electrons. The topological polar surface area (TPSA) is 55.2 Å². The monoisotopic (exact) mass is 409 g/mol. The zero-order valence-corrected chi connectivity index (χ0v) is 17.9. The largest absolute Gasteiger partial charge is 0.297 e. The molecule has 6 heteroatoms. The highest BCUT2D eigenvalue weighted by Crippen LogP contribution is 2.33. The number of hydrogen-bond donors (Lipinski definition) is 0. The fourth-order valence-electron chi connectivity index (χ4n) is 4.07. The molecule has 0 N–H and O–H groups in total. The molecule has 29 heavy (non-hydrogen) atoms. The SMILES string of the molecule is CCN(CC)Cc1nc2sc3c(c2c(=O)n1CC(=O)c1ccccc1)CCCC3. The second-order valence-electron chi connectivity index (χ2n) is 7.56. The lowest BCUT2D eigenvalue weighted by atomic mass is 9.97. The molecule has 0 saturated carbocycles. The second-order valence-corrected chi connectivity index (χ2v) is 8.64. The molecule has 0 amide bonds. The van der Waals surface area contributed by atoms with Crippen LogP contribution in [0.1, 0.15) is 53.3 Å². The molecule has 1 aliphatic carbocycles. The van der Waals surface area contributed by atoms with Crippen LogP contribution in [0.15, 0.2) is 35.1 Å². The minimum Gasteiger partial charge on any atom is -0.297 e. The van der Waals surface area contributed by atoms with Gasteiger partial charge in [0.1, 0.15) is 10.7 Å². The molecule has 0 saturated heterocycles. The van der Waals surface area contributed by atoms with Crippen molar-refractivity contribution in [2.45, 2.75) is 52.6 Å². The van der Waals surface area contributed by atoms with Crippen molar-refractivity contribution in [1.82, 2.24) is 14.5 Å². The van der Waals surface area contributed by atoms with E-state index in [4.69, 9.17) is 4.98 Å². The molecular weight excluding hydrogens is 382 g/mol. The molecule has 4 rings (SSSR count). The summed E-state index contributed by atoms with van der Waals surface area (Å²) >= 11 is 1.67. The summed E-state index contributed by atoms with van der Waals surface area (Å²) in [5.74, 6) is 0.632. The van der Waals surface area contributed by atoms with Crippen LogP contribution in [-0.2, 0) is 25.9 Å². The Bertz CT molecular complexity index is 1080. The normalized spacial score (nSPS) is 13.8. The van der Waals surface area contributed by atoms with Gasteiger partial charge in [-0.3, -0.25) is 19.1 Å². The van der Waals surface area contributed by atoms with Crippen LogP contribution in [0, 0.1) is 0 Å². The average Bonchev–Trinajstić information content (AvgIpc) is 3.13. The number of fused-ring (bicyclic) bond motifs is 3. The maximum absolute atomic E-state index is 13.6. The van der Waals surface area contributed by atoms with Gasteiger partial charge in [0, 0.05) is 10.4 Å². The van der Waals surface area contributed by atoms with Crippen molar-refractivity contribution in [3.63, 3.8) is 0 Å². The maximum atomic E-state index is 13.6. The number of carbonyl (C=O) groups excluding carboxylic acids is 1. The Morgan fingerprint density at radius 2 is 1.86 bits per heavy atom. The molecule has 5 nitrogen and oxygen atoms in total. The summed E-state index contributed by atoms with van der Waals surface area (Å²) in [6, 6.07) is 9.19. The van der Waals surface area contributed by atoms with Crippen molar-refractivity contribution in [3.8, 4) is 0 Å². The number of ketones is 1. The Morgan fingerprint density at radius 1 is 1.14 bits per heavy atom. The van der Waals surface area contributed by atoms with E-state index in [0.29, 0.717) is 17.9 Å². The lowest BCUT2D eigenvalue weighted by Gasteiger charge is -2.20. The third-order valence-corrected chi connectivity index (χ3v) is 7.00. The summed E-state index contributed by atoms with van der Waals surface area (Å²) in [4.78, 5) is 35.8. The molecule has 0 bridgehead atoms. The summed E-state index contributed by atoms with van der Waals surface area (Å²) in [5, 5.41) is 0.744. The summed E-state index contributed by atoms with van der Waals surface area (Å²) in [6.07, 6.45) is 4.26.